The highest BCUT2D eigenvalue weighted by molar-refractivity contribution is 5.29. The number of aromatic nitrogens is 2. The van der Waals surface area contributed by atoms with Gasteiger partial charge in [-0.15, -0.1) is 0 Å². The van der Waals surface area contributed by atoms with Crippen molar-refractivity contribution in [1.82, 2.24) is 15.1 Å². The molecule has 2 atom stereocenters. The van der Waals surface area contributed by atoms with E-state index in [1.54, 1.807) is 0 Å². The zero-order valence-corrected chi connectivity index (χ0v) is 15.6. The van der Waals surface area contributed by atoms with E-state index >= 15 is 0 Å². The Bertz CT molecular complexity index is 709. The zero-order valence-electron chi connectivity index (χ0n) is 15.6. The van der Waals surface area contributed by atoms with Crippen LogP contribution in [0.25, 0.3) is 0 Å². The molecule has 0 unspecified atom stereocenters. The van der Waals surface area contributed by atoms with Crippen LogP contribution in [0, 0.1) is 0 Å². The van der Waals surface area contributed by atoms with Crippen LogP contribution >= 0.6 is 0 Å². The van der Waals surface area contributed by atoms with Crippen molar-refractivity contribution < 1.29 is 9.47 Å². The minimum atomic E-state index is 0.0790. The van der Waals surface area contributed by atoms with Crippen molar-refractivity contribution in [1.29, 1.82) is 0 Å². The van der Waals surface area contributed by atoms with Crippen LogP contribution in [0.3, 0.4) is 0 Å². The number of ether oxygens (including phenoxy) is 2. The second kappa shape index (κ2) is 8.23. The van der Waals surface area contributed by atoms with Crippen molar-refractivity contribution in [3.63, 3.8) is 0 Å². The largest absolute Gasteiger partial charge is 0.490 e. The molecule has 1 saturated heterocycles. The number of benzene rings is 1. The van der Waals surface area contributed by atoms with Gasteiger partial charge in [-0.1, -0.05) is 12.1 Å². The van der Waals surface area contributed by atoms with Crippen LogP contribution in [0.2, 0.25) is 0 Å². The fourth-order valence-electron chi connectivity index (χ4n) is 4.08. The second-order valence-electron chi connectivity index (χ2n) is 7.54. The molecular formula is C21H29N3O2. The van der Waals surface area contributed by atoms with Crippen LogP contribution in [0.5, 0.6) is 5.75 Å². The standard InChI is InChI=1S/C21H29N3O2/c1-24-15-17(14-23-24)21-20(10-5-11-25-21)22-13-16-6-4-9-19(12-16)26-18-7-2-3-8-18/h4,6,9,12,14-15,18,20-22H,2-3,5,7-8,10-11,13H2,1H3/t20-,21+/m0/s1. The van der Waals surface area contributed by atoms with Crippen LogP contribution < -0.4 is 10.1 Å². The van der Waals surface area contributed by atoms with E-state index in [-0.39, 0.29) is 6.10 Å². The van der Waals surface area contributed by atoms with E-state index in [0.29, 0.717) is 12.1 Å². The molecule has 0 spiro atoms. The van der Waals surface area contributed by atoms with Gasteiger partial charge in [0.2, 0.25) is 0 Å². The molecule has 4 rings (SSSR count). The van der Waals surface area contributed by atoms with E-state index in [9.17, 15) is 0 Å². The van der Waals surface area contributed by atoms with Crippen LogP contribution in [0.4, 0.5) is 0 Å². The van der Waals surface area contributed by atoms with Crippen molar-refractivity contribution in [2.45, 2.75) is 63.3 Å². The van der Waals surface area contributed by atoms with Gasteiger partial charge in [-0.2, -0.15) is 5.10 Å². The smallest absolute Gasteiger partial charge is 0.120 e. The molecule has 1 aliphatic carbocycles. The molecule has 1 aliphatic heterocycles. The molecular weight excluding hydrogens is 326 g/mol. The first-order chi connectivity index (χ1) is 12.8. The first-order valence-corrected chi connectivity index (χ1v) is 9.87. The van der Waals surface area contributed by atoms with Gasteiger partial charge in [-0.25, -0.2) is 0 Å². The van der Waals surface area contributed by atoms with E-state index in [1.807, 2.05) is 17.9 Å². The van der Waals surface area contributed by atoms with Gasteiger partial charge in [-0.3, -0.25) is 4.68 Å². The van der Waals surface area contributed by atoms with Crippen molar-refractivity contribution in [3.8, 4) is 5.75 Å². The Morgan fingerprint density at radius 2 is 2.12 bits per heavy atom. The van der Waals surface area contributed by atoms with E-state index in [0.717, 1.165) is 37.3 Å². The number of nitrogens with zero attached hydrogens (tertiary/aromatic N) is 2. The highest BCUT2D eigenvalue weighted by Crippen LogP contribution is 2.29. The third-order valence-electron chi connectivity index (χ3n) is 5.45. The quantitative estimate of drug-likeness (QED) is 0.857. The summed E-state index contributed by atoms with van der Waals surface area (Å²) in [5.41, 5.74) is 2.42. The molecule has 0 amide bonds. The van der Waals surface area contributed by atoms with Gasteiger partial charge in [0.25, 0.3) is 0 Å². The number of rotatable bonds is 6. The lowest BCUT2D eigenvalue weighted by Crippen LogP contribution is -2.39. The summed E-state index contributed by atoms with van der Waals surface area (Å²) in [4.78, 5) is 0. The van der Waals surface area contributed by atoms with Crippen molar-refractivity contribution in [2.75, 3.05) is 6.61 Å². The molecule has 1 N–H and O–H groups in total. The summed E-state index contributed by atoms with van der Waals surface area (Å²) >= 11 is 0. The molecule has 0 radical (unpaired) electrons. The van der Waals surface area contributed by atoms with E-state index in [1.165, 1.54) is 31.2 Å². The van der Waals surface area contributed by atoms with Crippen LogP contribution in [0.1, 0.15) is 55.8 Å². The molecule has 1 aromatic heterocycles. The van der Waals surface area contributed by atoms with Gasteiger partial charge in [0.05, 0.1) is 12.3 Å². The summed E-state index contributed by atoms with van der Waals surface area (Å²) in [6.07, 6.45) is 11.6. The number of aryl methyl sites for hydroxylation is 1. The molecule has 2 aromatic rings. The molecule has 5 heteroatoms. The lowest BCUT2D eigenvalue weighted by molar-refractivity contribution is -0.0112. The van der Waals surface area contributed by atoms with Crippen LogP contribution in [-0.4, -0.2) is 28.5 Å². The molecule has 2 heterocycles. The first-order valence-electron chi connectivity index (χ1n) is 9.87. The Balaban J connectivity index is 1.37. The van der Waals surface area contributed by atoms with Crippen molar-refractivity contribution in [2.24, 2.45) is 7.05 Å². The Morgan fingerprint density at radius 3 is 2.92 bits per heavy atom. The van der Waals surface area contributed by atoms with Gasteiger partial charge in [0, 0.05) is 38.0 Å². The van der Waals surface area contributed by atoms with Gasteiger partial charge in [0.15, 0.2) is 0 Å². The van der Waals surface area contributed by atoms with Gasteiger partial charge in [-0.05, 0) is 56.2 Å². The van der Waals surface area contributed by atoms with Gasteiger partial charge in [0.1, 0.15) is 11.9 Å². The molecule has 1 aromatic carbocycles. The Morgan fingerprint density at radius 1 is 1.23 bits per heavy atom. The molecule has 2 aliphatic rings. The zero-order chi connectivity index (χ0) is 17.8. The Hall–Kier alpha value is -1.85. The average molecular weight is 355 g/mol. The fraction of sp³-hybridized carbons (Fsp3) is 0.571. The molecule has 26 heavy (non-hydrogen) atoms. The summed E-state index contributed by atoms with van der Waals surface area (Å²) in [5.74, 6) is 1.000. The minimum absolute atomic E-state index is 0.0790. The van der Waals surface area contributed by atoms with Gasteiger partial charge < -0.3 is 14.8 Å². The summed E-state index contributed by atoms with van der Waals surface area (Å²) in [5, 5.41) is 8.00. The summed E-state index contributed by atoms with van der Waals surface area (Å²) in [6.45, 7) is 1.65. The highest BCUT2D eigenvalue weighted by atomic mass is 16.5. The summed E-state index contributed by atoms with van der Waals surface area (Å²) < 4.78 is 14.0. The lowest BCUT2D eigenvalue weighted by atomic mass is 9.98. The molecule has 0 bridgehead atoms. The van der Waals surface area contributed by atoms with Crippen molar-refractivity contribution in [3.05, 3.63) is 47.8 Å². The predicted octanol–water partition coefficient (Wildman–Crippen LogP) is 3.75. The monoisotopic (exact) mass is 355 g/mol. The van der Waals surface area contributed by atoms with E-state index < -0.39 is 0 Å². The van der Waals surface area contributed by atoms with Crippen molar-refractivity contribution >= 4 is 0 Å². The lowest BCUT2D eigenvalue weighted by Gasteiger charge is -2.32. The van der Waals surface area contributed by atoms with Gasteiger partial charge >= 0.3 is 0 Å². The second-order valence-corrected chi connectivity index (χ2v) is 7.54. The molecule has 2 fully saturated rings. The molecule has 1 saturated carbocycles. The molecule has 5 nitrogen and oxygen atoms in total. The summed E-state index contributed by atoms with van der Waals surface area (Å²) in [6, 6.07) is 8.82. The van der Waals surface area contributed by atoms with Crippen LogP contribution in [-0.2, 0) is 18.3 Å². The summed E-state index contributed by atoms with van der Waals surface area (Å²) in [7, 11) is 1.95. The third kappa shape index (κ3) is 4.27. The maximum Gasteiger partial charge on any atom is 0.120 e. The normalized spacial score (nSPS) is 24.0. The van der Waals surface area contributed by atoms with Crippen LogP contribution in [0.15, 0.2) is 36.7 Å². The number of hydrogen-bond acceptors (Lipinski definition) is 4. The Kier molecular flexibility index (Phi) is 5.56. The number of nitrogens with one attached hydrogen (secondary N) is 1. The SMILES string of the molecule is Cn1cc([C@H]2OCCC[C@@H]2NCc2cccc(OC3CCCC3)c2)cn1. The first kappa shape index (κ1) is 17.6. The minimum Gasteiger partial charge on any atom is -0.490 e. The third-order valence-corrected chi connectivity index (χ3v) is 5.45. The average Bonchev–Trinajstić information content (AvgIpc) is 3.32. The van der Waals surface area contributed by atoms with E-state index in [4.69, 9.17) is 9.47 Å². The fourth-order valence-corrected chi connectivity index (χ4v) is 4.08. The van der Waals surface area contributed by atoms with E-state index in [2.05, 4.69) is 40.9 Å². The molecule has 140 valence electrons. The Labute approximate surface area is 155 Å². The topological polar surface area (TPSA) is 48.3 Å². The predicted molar refractivity (Wildman–Crippen MR) is 101 cm³/mol. The maximum absolute atomic E-state index is 6.14. The highest BCUT2D eigenvalue weighted by Gasteiger charge is 2.28. The number of hydrogen-bond donors (Lipinski definition) is 1. The maximum atomic E-state index is 6.14.